The summed E-state index contributed by atoms with van der Waals surface area (Å²) in [6.07, 6.45) is 0. The molecular weight excluding hydrogens is 1100 g/mol. The number of nitriles is 4. The average Bonchev–Trinajstić information content (AvgIpc) is 1.42. The number of hydrogen-bond acceptors (Lipinski definition) is 6. The summed E-state index contributed by atoms with van der Waals surface area (Å²) in [6, 6.07) is 100. The summed E-state index contributed by atoms with van der Waals surface area (Å²) in [5.74, 6) is 1.14. The van der Waals surface area contributed by atoms with Crippen LogP contribution in [0.1, 0.15) is 22.3 Å². The summed E-state index contributed by atoms with van der Waals surface area (Å²) in [5, 5.41) is 49.6. The van der Waals surface area contributed by atoms with Crippen molar-refractivity contribution in [3.63, 3.8) is 0 Å². The fourth-order valence-electron chi connectivity index (χ4n) is 13.8. The predicted octanol–water partition coefficient (Wildman–Crippen LogP) is 19.0. The quantitative estimate of drug-likeness (QED) is 0.148. The smallest absolute Gasteiger partial charge is 0.165 e. The molecule has 6 aromatic heterocycles. The standard InChI is InChI=1S/C80H44N10/c81-45-49-31-35-72-62(39-49)57-22-9-13-27-68(57)87(72)77-76(61-26-8-7-21-56(61)55-43-66(53-17-3-1-4-18-53)85-67(44-55)54-19-5-2-6-20-54)78(88-69-28-14-10-23-58(69)63-40-50(46-82)32-36-73(63)88)80(90-71-30-16-12-25-60(71)65-42-52(48-84)34-38-75(65)90)86-79(77)89-70-29-15-11-24-59(70)64-41-51(47-83)33-37-74(64)89/h1-44H. The molecule has 0 aliphatic carbocycles. The number of nitrogens with zero attached hydrogens (tertiary/aromatic N) is 10. The molecule has 414 valence electrons. The Hall–Kier alpha value is -13.1. The molecule has 0 bridgehead atoms. The van der Waals surface area contributed by atoms with Gasteiger partial charge < -0.3 is 9.13 Å². The third-order valence-corrected chi connectivity index (χ3v) is 17.7. The summed E-state index contributed by atoms with van der Waals surface area (Å²) in [6.45, 7) is 0. The average molecular weight is 1150 g/mol. The molecule has 0 saturated heterocycles. The lowest BCUT2D eigenvalue weighted by Crippen LogP contribution is -2.16. The van der Waals surface area contributed by atoms with Crippen LogP contribution in [0.2, 0.25) is 0 Å². The van der Waals surface area contributed by atoms with Crippen molar-refractivity contribution < 1.29 is 0 Å². The lowest BCUT2D eigenvalue weighted by molar-refractivity contribution is 0.961. The molecule has 17 rings (SSSR count). The van der Waals surface area contributed by atoms with Crippen molar-refractivity contribution >= 4 is 87.2 Å². The van der Waals surface area contributed by atoms with E-state index in [4.69, 9.17) is 9.97 Å². The van der Waals surface area contributed by atoms with Crippen LogP contribution in [0.4, 0.5) is 0 Å². The van der Waals surface area contributed by atoms with E-state index >= 15 is 0 Å². The van der Waals surface area contributed by atoms with E-state index in [1.807, 2.05) is 133 Å². The van der Waals surface area contributed by atoms with E-state index in [9.17, 15) is 21.0 Å². The first-order chi connectivity index (χ1) is 44.5. The molecule has 0 spiro atoms. The van der Waals surface area contributed by atoms with E-state index in [-0.39, 0.29) is 0 Å². The van der Waals surface area contributed by atoms with E-state index in [2.05, 4.69) is 176 Å². The Labute approximate surface area is 514 Å². The van der Waals surface area contributed by atoms with Crippen molar-refractivity contribution in [2.24, 2.45) is 0 Å². The van der Waals surface area contributed by atoms with Crippen LogP contribution in [0.5, 0.6) is 0 Å². The van der Waals surface area contributed by atoms with Gasteiger partial charge in [0.05, 0.1) is 102 Å². The highest BCUT2D eigenvalue weighted by atomic mass is 15.2. The second-order valence-electron chi connectivity index (χ2n) is 22.5. The Kier molecular flexibility index (Phi) is 11.6. The number of rotatable bonds is 8. The zero-order valence-electron chi connectivity index (χ0n) is 47.9. The minimum absolute atomic E-state index is 0.523. The van der Waals surface area contributed by atoms with Crippen LogP contribution >= 0.6 is 0 Å². The van der Waals surface area contributed by atoms with Crippen molar-refractivity contribution in [1.29, 1.82) is 21.0 Å². The number of hydrogen-bond donors (Lipinski definition) is 0. The number of benzene rings is 11. The Morgan fingerprint density at radius 2 is 0.544 bits per heavy atom. The topological polar surface area (TPSA) is 141 Å². The van der Waals surface area contributed by atoms with Crippen LogP contribution < -0.4 is 0 Å². The normalized spacial score (nSPS) is 11.5. The first-order valence-electron chi connectivity index (χ1n) is 29.5. The fourth-order valence-corrected chi connectivity index (χ4v) is 13.8. The van der Waals surface area contributed by atoms with Crippen LogP contribution in [0.25, 0.3) is 155 Å². The van der Waals surface area contributed by atoms with Gasteiger partial charge in [0.1, 0.15) is 11.4 Å². The highest BCUT2D eigenvalue weighted by Gasteiger charge is 2.34. The van der Waals surface area contributed by atoms with E-state index < -0.39 is 0 Å². The van der Waals surface area contributed by atoms with Crippen LogP contribution in [0.15, 0.2) is 267 Å². The van der Waals surface area contributed by atoms with Crippen molar-refractivity contribution in [2.45, 2.75) is 0 Å². The molecule has 10 nitrogen and oxygen atoms in total. The lowest BCUT2D eigenvalue weighted by Gasteiger charge is -2.28. The summed E-state index contributed by atoms with van der Waals surface area (Å²) in [7, 11) is 0. The van der Waals surface area contributed by atoms with Crippen LogP contribution in [-0.2, 0) is 0 Å². The van der Waals surface area contributed by atoms with Gasteiger partial charge in [0, 0.05) is 59.8 Å². The van der Waals surface area contributed by atoms with Crippen molar-refractivity contribution in [3.05, 3.63) is 289 Å². The van der Waals surface area contributed by atoms with Gasteiger partial charge in [-0.05, 0) is 126 Å². The zero-order chi connectivity index (χ0) is 60.1. The second kappa shape index (κ2) is 20.3. The monoisotopic (exact) mass is 1140 g/mol. The highest BCUT2D eigenvalue weighted by molar-refractivity contribution is 6.17. The Balaban J connectivity index is 1.18. The molecule has 0 N–H and O–H groups in total. The van der Waals surface area contributed by atoms with Gasteiger partial charge >= 0.3 is 0 Å². The maximum atomic E-state index is 10.6. The summed E-state index contributed by atoms with van der Waals surface area (Å²) < 4.78 is 9.18. The maximum Gasteiger partial charge on any atom is 0.165 e. The van der Waals surface area contributed by atoms with Gasteiger partial charge in [-0.2, -0.15) is 21.0 Å². The van der Waals surface area contributed by atoms with Crippen LogP contribution in [0.3, 0.4) is 0 Å². The minimum atomic E-state index is 0.523. The van der Waals surface area contributed by atoms with E-state index in [1.165, 1.54) is 0 Å². The van der Waals surface area contributed by atoms with Gasteiger partial charge in [-0.1, -0.05) is 158 Å². The molecule has 0 aliphatic rings. The molecule has 0 aliphatic heterocycles. The molecule has 10 heteroatoms. The summed E-state index contributed by atoms with van der Waals surface area (Å²) in [4.78, 5) is 11.8. The maximum absolute atomic E-state index is 10.6. The van der Waals surface area contributed by atoms with Crippen molar-refractivity contribution in [3.8, 4) is 92.1 Å². The Bertz CT molecular complexity index is 5750. The largest absolute Gasteiger partial charge is 0.305 e. The van der Waals surface area contributed by atoms with Crippen molar-refractivity contribution in [2.75, 3.05) is 0 Å². The molecule has 6 heterocycles. The molecule has 0 unspecified atom stereocenters. The SMILES string of the molecule is N#Cc1ccc2c(c1)c1ccccc1n2-c1nc(-n2c3ccccc3c3cc(C#N)ccc32)c(-n2c3ccccc3c3cc(C#N)ccc32)c(-c2ccccc2-c2cc(-c3ccccc3)nc(-c3ccccc3)c2)c1-n1c2ccccc2c2cc(C#N)ccc21. The molecule has 0 fully saturated rings. The van der Waals surface area contributed by atoms with Gasteiger partial charge in [0.25, 0.3) is 0 Å². The molecule has 11 aromatic carbocycles. The highest BCUT2D eigenvalue weighted by Crippen LogP contribution is 2.51. The lowest BCUT2D eigenvalue weighted by atomic mass is 9.91. The third kappa shape index (κ3) is 7.73. The van der Waals surface area contributed by atoms with Gasteiger partial charge in [-0.3, -0.25) is 9.13 Å². The molecule has 0 amide bonds. The van der Waals surface area contributed by atoms with Gasteiger partial charge in [0.2, 0.25) is 0 Å². The molecule has 0 saturated carbocycles. The van der Waals surface area contributed by atoms with Gasteiger partial charge in [-0.25, -0.2) is 9.97 Å². The Morgan fingerprint density at radius 1 is 0.244 bits per heavy atom. The molecule has 0 radical (unpaired) electrons. The van der Waals surface area contributed by atoms with Gasteiger partial charge in [-0.15, -0.1) is 0 Å². The third-order valence-electron chi connectivity index (χ3n) is 17.7. The number of fused-ring (bicyclic) bond motifs is 12. The zero-order valence-corrected chi connectivity index (χ0v) is 47.9. The first kappa shape index (κ1) is 51.3. The molecular formula is C80H44N10. The number of pyridine rings is 2. The number of para-hydroxylation sites is 4. The van der Waals surface area contributed by atoms with Gasteiger partial charge in [0.15, 0.2) is 11.6 Å². The number of aromatic nitrogens is 6. The molecule has 17 aromatic rings. The molecule has 0 atom stereocenters. The van der Waals surface area contributed by atoms with E-state index in [0.29, 0.717) is 33.9 Å². The minimum Gasteiger partial charge on any atom is -0.305 e. The molecule has 90 heavy (non-hydrogen) atoms. The summed E-state index contributed by atoms with van der Waals surface area (Å²) >= 11 is 0. The summed E-state index contributed by atoms with van der Waals surface area (Å²) in [5.41, 5.74) is 17.3. The Morgan fingerprint density at radius 3 is 0.911 bits per heavy atom. The fraction of sp³-hybridized carbons (Fsp3) is 0. The van der Waals surface area contributed by atoms with E-state index in [1.54, 1.807) is 0 Å². The van der Waals surface area contributed by atoms with E-state index in [0.717, 1.165) is 143 Å². The van der Waals surface area contributed by atoms with Crippen LogP contribution in [0, 0.1) is 45.3 Å². The second-order valence-corrected chi connectivity index (χ2v) is 22.5. The first-order valence-corrected chi connectivity index (χ1v) is 29.5. The predicted molar refractivity (Wildman–Crippen MR) is 360 cm³/mol. The van der Waals surface area contributed by atoms with Crippen molar-refractivity contribution in [1.82, 2.24) is 28.2 Å². The van der Waals surface area contributed by atoms with Crippen LogP contribution in [-0.4, -0.2) is 28.2 Å².